The molecule has 22 heavy (non-hydrogen) atoms. The van der Waals surface area contributed by atoms with Crippen molar-refractivity contribution in [2.24, 2.45) is 0 Å². The van der Waals surface area contributed by atoms with Gasteiger partial charge in [-0.2, -0.15) is 0 Å². The Morgan fingerprint density at radius 3 is 1.41 bits per heavy atom. The van der Waals surface area contributed by atoms with Crippen LogP contribution in [0.3, 0.4) is 0 Å². The van der Waals surface area contributed by atoms with Crippen LogP contribution < -0.4 is 9.47 Å². The zero-order valence-electron chi connectivity index (χ0n) is 14.3. The summed E-state index contributed by atoms with van der Waals surface area (Å²) in [5.41, 5.74) is 2.71. The molecule has 0 aliphatic rings. The Bertz CT molecular complexity index is 485. The molecule has 0 saturated heterocycles. The number of hydrogen-bond acceptors (Lipinski definition) is 2. The van der Waals surface area contributed by atoms with Crippen LogP contribution in [0.1, 0.15) is 37.8 Å². The molecule has 0 saturated carbocycles. The molecule has 2 heteroatoms. The maximum Gasteiger partial charge on any atom is 0.119 e. The first-order valence-electron chi connectivity index (χ1n) is 7.99. The van der Waals surface area contributed by atoms with Gasteiger partial charge in [0.2, 0.25) is 0 Å². The normalized spacial score (nSPS) is 9.64. The lowest BCUT2D eigenvalue weighted by Crippen LogP contribution is -1.86. The summed E-state index contributed by atoms with van der Waals surface area (Å²) in [7, 11) is 3.40. The standard InChI is InChI=1S/2C10H14O/c2*1-3-5-9-6-4-7-10(8-9)11-2/h2*4,6-8H,3,5H2,1-2H3. The van der Waals surface area contributed by atoms with Gasteiger partial charge in [0.15, 0.2) is 0 Å². The van der Waals surface area contributed by atoms with Crippen LogP contribution in [-0.4, -0.2) is 14.2 Å². The fourth-order valence-corrected chi connectivity index (χ4v) is 2.23. The highest BCUT2D eigenvalue weighted by Crippen LogP contribution is 2.14. The minimum atomic E-state index is 0.955. The summed E-state index contributed by atoms with van der Waals surface area (Å²) in [6.07, 6.45) is 4.65. The molecule has 2 rings (SSSR count). The molecule has 0 unspecified atom stereocenters. The lowest BCUT2D eigenvalue weighted by atomic mass is 10.1. The van der Waals surface area contributed by atoms with E-state index in [1.165, 1.54) is 24.0 Å². The summed E-state index contributed by atoms with van der Waals surface area (Å²) in [5, 5.41) is 0. The zero-order valence-corrected chi connectivity index (χ0v) is 14.3. The predicted molar refractivity (Wildman–Crippen MR) is 94.0 cm³/mol. The molecule has 0 bridgehead atoms. The van der Waals surface area contributed by atoms with Crippen molar-refractivity contribution in [3.8, 4) is 11.5 Å². The molecule has 0 aliphatic heterocycles. The van der Waals surface area contributed by atoms with E-state index in [0.29, 0.717) is 0 Å². The van der Waals surface area contributed by atoms with Crippen LogP contribution in [0.4, 0.5) is 0 Å². The SMILES string of the molecule is CCCc1cccc(OC)c1.CCCc1cccc(OC)c1. The number of benzene rings is 2. The van der Waals surface area contributed by atoms with Gasteiger partial charge in [0.05, 0.1) is 14.2 Å². The van der Waals surface area contributed by atoms with E-state index >= 15 is 0 Å². The molecule has 0 atom stereocenters. The van der Waals surface area contributed by atoms with Crippen molar-refractivity contribution >= 4 is 0 Å². The van der Waals surface area contributed by atoms with Gasteiger partial charge in [-0.25, -0.2) is 0 Å². The van der Waals surface area contributed by atoms with Gasteiger partial charge in [-0.1, -0.05) is 51.0 Å². The van der Waals surface area contributed by atoms with Gasteiger partial charge in [-0.3, -0.25) is 0 Å². The topological polar surface area (TPSA) is 18.5 Å². The monoisotopic (exact) mass is 300 g/mol. The molecule has 0 aliphatic carbocycles. The Labute approximate surface area is 135 Å². The molecule has 0 amide bonds. The van der Waals surface area contributed by atoms with Gasteiger partial charge in [0, 0.05) is 0 Å². The van der Waals surface area contributed by atoms with Crippen LogP contribution in [0.25, 0.3) is 0 Å². The van der Waals surface area contributed by atoms with Crippen LogP contribution in [0.5, 0.6) is 11.5 Å². The van der Waals surface area contributed by atoms with Crippen LogP contribution in [-0.2, 0) is 12.8 Å². The third-order valence-electron chi connectivity index (χ3n) is 3.35. The highest BCUT2D eigenvalue weighted by atomic mass is 16.5. The molecule has 0 N–H and O–H groups in total. The summed E-state index contributed by atoms with van der Waals surface area (Å²) in [6.45, 7) is 4.36. The summed E-state index contributed by atoms with van der Waals surface area (Å²) in [5.74, 6) is 1.91. The molecular formula is C20H28O2. The van der Waals surface area contributed by atoms with E-state index in [1.54, 1.807) is 14.2 Å². The quantitative estimate of drug-likeness (QED) is 0.721. The first-order valence-corrected chi connectivity index (χ1v) is 7.99. The summed E-state index contributed by atoms with van der Waals surface area (Å²) < 4.78 is 10.2. The van der Waals surface area contributed by atoms with Gasteiger partial charge < -0.3 is 9.47 Å². The lowest BCUT2D eigenvalue weighted by molar-refractivity contribution is 0.414. The van der Waals surface area contributed by atoms with Crippen molar-refractivity contribution in [1.82, 2.24) is 0 Å². The summed E-state index contributed by atoms with van der Waals surface area (Å²) in [6, 6.07) is 16.4. The molecule has 0 radical (unpaired) electrons. The van der Waals surface area contributed by atoms with Gasteiger partial charge in [-0.15, -0.1) is 0 Å². The van der Waals surface area contributed by atoms with Crippen molar-refractivity contribution in [2.45, 2.75) is 39.5 Å². The van der Waals surface area contributed by atoms with Gasteiger partial charge in [-0.05, 0) is 48.2 Å². The molecule has 0 aromatic heterocycles. The van der Waals surface area contributed by atoms with Crippen LogP contribution in [0, 0.1) is 0 Å². The minimum Gasteiger partial charge on any atom is -0.497 e. The number of ether oxygens (including phenoxy) is 2. The first kappa shape index (κ1) is 18.1. The third kappa shape index (κ3) is 6.66. The van der Waals surface area contributed by atoms with Crippen LogP contribution >= 0.6 is 0 Å². The molecule has 120 valence electrons. The zero-order chi connectivity index (χ0) is 16.2. The van der Waals surface area contributed by atoms with Crippen molar-refractivity contribution in [2.75, 3.05) is 14.2 Å². The molecule has 0 fully saturated rings. The van der Waals surface area contributed by atoms with Crippen LogP contribution in [0.15, 0.2) is 48.5 Å². The first-order chi connectivity index (χ1) is 10.7. The van der Waals surface area contributed by atoms with E-state index < -0.39 is 0 Å². The van der Waals surface area contributed by atoms with E-state index in [4.69, 9.17) is 9.47 Å². The Morgan fingerprint density at radius 2 is 1.09 bits per heavy atom. The average molecular weight is 300 g/mol. The molecule has 0 spiro atoms. The minimum absolute atomic E-state index is 0.955. The van der Waals surface area contributed by atoms with Crippen molar-refractivity contribution in [3.05, 3.63) is 59.7 Å². The smallest absolute Gasteiger partial charge is 0.119 e. The fourth-order valence-electron chi connectivity index (χ4n) is 2.23. The van der Waals surface area contributed by atoms with E-state index in [-0.39, 0.29) is 0 Å². The van der Waals surface area contributed by atoms with Crippen molar-refractivity contribution in [3.63, 3.8) is 0 Å². The van der Waals surface area contributed by atoms with Crippen molar-refractivity contribution < 1.29 is 9.47 Å². The average Bonchev–Trinajstić information content (AvgIpc) is 2.56. The largest absolute Gasteiger partial charge is 0.497 e. The molecule has 2 nitrogen and oxygen atoms in total. The van der Waals surface area contributed by atoms with E-state index in [0.717, 1.165) is 24.3 Å². The predicted octanol–water partition coefficient (Wildman–Crippen LogP) is 5.30. The molecule has 2 aromatic carbocycles. The van der Waals surface area contributed by atoms with Crippen molar-refractivity contribution in [1.29, 1.82) is 0 Å². The second kappa shape index (κ2) is 10.7. The second-order valence-electron chi connectivity index (χ2n) is 5.20. The van der Waals surface area contributed by atoms with E-state index in [2.05, 4.69) is 38.1 Å². The van der Waals surface area contributed by atoms with Gasteiger partial charge in [0.1, 0.15) is 11.5 Å². The number of aryl methyl sites for hydroxylation is 2. The Balaban J connectivity index is 0.000000220. The Hall–Kier alpha value is -1.96. The molecule has 0 heterocycles. The third-order valence-corrected chi connectivity index (χ3v) is 3.35. The fraction of sp³-hybridized carbons (Fsp3) is 0.400. The number of rotatable bonds is 6. The summed E-state index contributed by atoms with van der Waals surface area (Å²) >= 11 is 0. The summed E-state index contributed by atoms with van der Waals surface area (Å²) in [4.78, 5) is 0. The number of hydrogen-bond donors (Lipinski definition) is 0. The Kier molecular flexibility index (Phi) is 8.82. The maximum absolute atomic E-state index is 5.10. The molecule has 2 aromatic rings. The number of methoxy groups -OCH3 is 2. The lowest BCUT2D eigenvalue weighted by Gasteiger charge is -2.01. The van der Waals surface area contributed by atoms with E-state index in [1.807, 2.05) is 24.3 Å². The second-order valence-corrected chi connectivity index (χ2v) is 5.20. The van der Waals surface area contributed by atoms with E-state index in [9.17, 15) is 0 Å². The van der Waals surface area contributed by atoms with Crippen LogP contribution in [0.2, 0.25) is 0 Å². The van der Waals surface area contributed by atoms with Gasteiger partial charge >= 0.3 is 0 Å². The van der Waals surface area contributed by atoms with Gasteiger partial charge in [0.25, 0.3) is 0 Å². The highest BCUT2D eigenvalue weighted by Gasteiger charge is 1.93. The highest BCUT2D eigenvalue weighted by molar-refractivity contribution is 5.29. The Morgan fingerprint density at radius 1 is 0.682 bits per heavy atom. The maximum atomic E-state index is 5.10. The molecular weight excluding hydrogens is 272 g/mol.